The van der Waals surface area contributed by atoms with Crippen molar-refractivity contribution >= 4 is 11.8 Å². The first kappa shape index (κ1) is 23.3. The predicted molar refractivity (Wildman–Crippen MR) is 107 cm³/mol. The molecule has 0 saturated heterocycles. The third kappa shape index (κ3) is 7.09. The molecular weight excluding hydrogens is 397 g/mol. The normalized spacial score (nSPS) is 11.1. The maximum absolute atomic E-state index is 12.5. The smallest absolute Gasteiger partial charge is 0.416 e. The average molecular weight is 422 g/mol. The van der Waals surface area contributed by atoms with Crippen LogP contribution in [-0.4, -0.2) is 31.5 Å². The van der Waals surface area contributed by atoms with Crippen LogP contribution in [0.5, 0.6) is 5.75 Å². The molecule has 0 unspecified atom stereocenters. The number of carbonyl (C=O) groups excluding carboxylic acids is 2. The Balaban J connectivity index is 1.62. The Morgan fingerprint density at radius 3 is 2.13 bits per heavy atom. The Labute approximate surface area is 173 Å². The van der Waals surface area contributed by atoms with Crippen molar-refractivity contribution in [1.29, 1.82) is 0 Å². The lowest BCUT2D eigenvalue weighted by atomic mass is 10.1. The molecule has 30 heavy (non-hydrogen) atoms. The van der Waals surface area contributed by atoms with Gasteiger partial charge in [-0.3, -0.25) is 9.59 Å². The van der Waals surface area contributed by atoms with E-state index in [4.69, 9.17) is 4.74 Å². The van der Waals surface area contributed by atoms with Gasteiger partial charge in [0.25, 0.3) is 5.91 Å². The Morgan fingerprint density at radius 2 is 1.53 bits per heavy atom. The summed E-state index contributed by atoms with van der Waals surface area (Å²) < 4.78 is 43.3. The summed E-state index contributed by atoms with van der Waals surface area (Å²) in [5.41, 5.74) is 1.40. The molecule has 0 spiro atoms. The van der Waals surface area contributed by atoms with Crippen LogP contribution in [-0.2, 0) is 11.0 Å². The molecule has 0 fully saturated rings. The summed E-state index contributed by atoms with van der Waals surface area (Å²) in [6, 6.07) is 9.84. The van der Waals surface area contributed by atoms with Crippen LogP contribution in [0.25, 0.3) is 0 Å². The second kappa shape index (κ2) is 10.7. The zero-order valence-electron chi connectivity index (χ0n) is 16.9. The molecule has 0 bridgehead atoms. The number of nitrogens with one attached hydrogen (secondary N) is 2. The number of amides is 2. The van der Waals surface area contributed by atoms with Crippen molar-refractivity contribution in [3.63, 3.8) is 0 Å². The van der Waals surface area contributed by atoms with Crippen molar-refractivity contribution in [2.75, 3.05) is 19.7 Å². The molecule has 0 heterocycles. The topological polar surface area (TPSA) is 67.4 Å². The summed E-state index contributed by atoms with van der Waals surface area (Å²) in [7, 11) is 0. The van der Waals surface area contributed by atoms with E-state index in [2.05, 4.69) is 10.6 Å². The van der Waals surface area contributed by atoms with E-state index in [9.17, 15) is 22.8 Å². The molecule has 162 valence electrons. The lowest BCUT2D eigenvalue weighted by Crippen LogP contribution is -2.34. The van der Waals surface area contributed by atoms with Gasteiger partial charge in [0.2, 0.25) is 5.91 Å². The number of hydrogen-bond acceptors (Lipinski definition) is 3. The van der Waals surface area contributed by atoms with Crippen LogP contribution in [0.4, 0.5) is 13.2 Å². The number of ether oxygens (including phenoxy) is 1. The summed E-state index contributed by atoms with van der Waals surface area (Å²) in [6.45, 7) is 4.75. The molecule has 0 aliphatic carbocycles. The van der Waals surface area contributed by atoms with E-state index >= 15 is 0 Å². The molecular formula is C22H25F3N2O3. The van der Waals surface area contributed by atoms with E-state index < -0.39 is 17.6 Å². The number of alkyl halides is 3. The fraction of sp³-hybridized carbons (Fsp3) is 0.364. The Bertz CT molecular complexity index is 845. The third-order valence-electron chi connectivity index (χ3n) is 4.41. The van der Waals surface area contributed by atoms with Crippen LogP contribution in [0.15, 0.2) is 42.5 Å². The van der Waals surface area contributed by atoms with E-state index in [-0.39, 0.29) is 31.0 Å². The first-order chi connectivity index (χ1) is 14.2. The highest BCUT2D eigenvalue weighted by Crippen LogP contribution is 2.29. The van der Waals surface area contributed by atoms with Crippen LogP contribution in [0, 0.1) is 13.8 Å². The van der Waals surface area contributed by atoms with Crippen molar-refractivity contribution in [1.82, 2.24) is 10.6 Å². The highest BCUT2D eigenvalue weighted by Gasteiger charge is 2.30. The molecule has 2 N–H and O–H groups in total. The van der Waals surface area contributed by atoms with Crippen molar-refractivity contribution in [3.8, 4) is 5.75 Å². The van der Waals surface area contributed by atoms with Crippen LogP contribution < -0.4 is 15.4 Å². The fourth-order valence-electron chi connectivity index (χ4n) is 2.81. The van der Waals surface area contributed by atoms with Gasteiger partial charge in [-0.25, -0.2) is 0 Å². The standard InChI is InChI=1S/C22H25F3N2O3/c1-15-5-3-6-16(2)20(15)30-14-4-7-19(28)26-12-13-27-21(29)17-8-10-18(11-9-17)22(23,24)25/h3,5-6,8-11H,4,7,12-14H2,1-2H3,(H,26,28)(H,27,29). The third-order valence-corrected chi connectivity index (χ3v) is 4.41. The van der Waals surface area contributed by atoms with Gasteiger partial charge in [-0.05, 0) is 55.7 Å². The highest BCUT2D eigenvalue weighted by molar-refractivity contribution is 5.94. The van der Waals surface area contributed by atoms with Gasteiger partial charge >= 0.3 is 6.18 Å². The van der Waals surface area contributed by atoms with E-state index in [1.807, 2.05) is 32.0 Å². The molecule has 0 aliphatic heterocycles. The van der Waals surface area contributed by atoms with Crippen LogP contribution in [0.1, 0.15) is 39.9 Å². The zero-order chi connectivity index (χ0) is 22.1. The SMILES string of the molecule is Cc1cccc(C)c1OCCCC(=O)NCCNC(=O)c1ccc(C(F)(F)F)cc1. The van der Waals surface area contributed by atoms with Gasteiger partial charge in [0.15, 0.2) is 0 Å². The van der Waals surface area contributed by atoms with Gasteiger partial charge in [-0.15, -0.1) is 0 Å². The van der Waals surface area contributed by atoms with Crippen molar-refractivity contribution in [3.05, 3.63) is 64.7 Å². The second-order valence-corrected chi connectivity index (χ2v) is 6.85. The van der Waals surface area contributed by atoms with Crippen molar-refractivity contribution in [2.45, 2.75) is 32.9 Å². The number of benzene rings is 2. The monoisotopic (exact) mass is 422 g/mol. The van der Waals surface area contributed by atoms with Gasteiger partial charge in [0, 0.05) is 25.1 Å². The minimum atomic E-state index is -4.44. The molecule has 2 rings (SSSR count). The molecule has 0 aromatic heterocycles. The number of hydrogen-bond donors (Lipinski definition) is 2. The lowest BCUT2D eigenvalue weighted by Gasteiger charge is -2.12. The van der Waals surface area contributed by atoms with E-state index in [0.717, 1.165) is 41.1 Å². The molecule has 8 heteroatoms. The zero-order valence-corrected chi connectivity index (χ0v) is 16.9. The first-order valence-corrected chi connectivity index (χ1v) is 9.59. The van der Waals surface area contributed by atoms with Gasteiger partial charge in [0.1, 0.15) is 5.75 Å². The van der Waals surface area contributed by atoms with Crippen LogP contribution >= 0.6 is 0 Å². The summed E-state index contributed by atoms with van der Waals surface area (Å²) in [4.78, 5) is 23.8. The van der Waals surface area contributed by atoms with Gasteiger partial charge in [-0.1, -0.05) is 18.2 Å². The largest absolute Gasteiger partial charge is 0.493 e. The summed E-state index contributed by atoms with van der Waals surface area (Å²) >= 11 is 0. The van der Waals surface area contributed by atoms with Crippen molar-refractivity contribution in [2.24, 2.45) is 0 Å². The summed E-state index contributed by atoms with van der Waals surface area (Å²) in [6.07, 6.45) is -3.60. The van der Waals surface area contributed by atoms with E-state index in [1.54, 1.807) is 0 Å². The molecule has 0 saturated carbocycles. The predicted octanol–water partition coefficient (Wildman–Crippen LogP) is 4.03. The molecule has 5 nitrogen and oxygen atoms in total. The molecule has 2 amide bonds. The Hall–Kier alpha value is -3.03. The molecule has 0 aliphatic rings. The van der Waals surface area contributed by atoms with Gasteiger partial charge < -0.3 is 15.4 Å². The average Bonchev–Trinajstić information content (AvgIpc) is 2.69. The number of rotatable bonds is 9. The number of aryl methyl sites for hydroxylation is 2. The second-order valence-electron chi connectivity index (χ2n) is 6.85. The molecule has 2 aromatic carbocycles. The fourth-order valence-corrected chi connectivity index (χ4v) is 2.81. The Kier molecular flexibility index (Phi) is 8.26. The molecule has 0 radical (unpaired) electrons. The van der Waals surface area contributed by atoms with E-state index in [0.29, 0.717) is 13.0 Å². The van der Waals surface area contributed by atoms with Gasteiger partial charge in [-0.2, -0.15) is 13.2 Å². The maximum Gasteiger partial charge on any atom is 0.416 e. The van der Waals surface area contributed by atoms with Gasteiger partial charge in [0.05, 0.1) is 12.2 Å². The van der Waals surface area contributed by atoms with Crippen molar-refractivity contribution < 1.29 is 27.5 Å². The Morgan fingerprint density at radius 1 is 0.933 bits per heavy atom. The van der Waals surface area contributed by atoms with Crippen LogP contribution in [0.2, 0.25) is 0 Å². The number of carbonyl (C=O) groups is 2. The quantitative estimate of drug-likeness (QED) is 0.600. The number of halogens is 3. The van der Waals surface area contributed by atoms with E-state index in [1.165, 1.54) is 0 Å². The summed E-state index contributed by atoms with van der Waals surface area (Å²) in [5, 5.41) is 5.24. The number of para-hydroxylation sites is 1. The lowest BCUT2D eigenvalue weighted by molar-refractivity contribution is -0.137. The first-order valence-electron chi connectivity index (χ1n) is 9.59. The maximum atomic E-state index is 12.5. The summed E-state index contributed by atoms with van der Waals surface area (Å²) in [5.74, 6) is 0.174. The molecule has 0 atom stereocenters. The van der Waals surface area contributed by atoms with Crippen LogP contribution in [0.3, 0.4) is 0 Å². The highest BCUT2D eigenvalue weighted by atomic mass is 19.4. The molecule has 2 aromatic rings. The minimum absolute atomic E-state index is 0.123. The minimum Gasteiger partial charge on any atom is -0.493 e.